The summed E-state index contributed by atoms with van der Waals surface area (Å²) >= 11 is 7.45. The molecular weight excluding hydrogens is 254 g/mol. The third-order valence-corrected chi connectivity index (χ3v) is 4.22. The molecule has 96 valence electrons. The third kappa shape index (κ3) is 4.00. The lowest BCUT2D eigenvalue weighted by molar-refractivity contribution is -0.136. The van der Waals surface area contributed by atoms with E-state index in [2.05, 4.69) is 13.8 Å². The molecule has 2 nitrogen and oxygen atoms in total. The number of halogens is 1. The van der Waals surface area contributed by atoms with Crippen LogP contribution in [0.2, 0.25) is 4.34 Å². The number of carbonyl (C=O) groups is 1. The predicted molar refractivity (Wildman–Crippen MR) is 74.5 cm³/mol. The van der Waals surface area contributed by atoms with Gasteiger partial charge in [-0.1, -0.05) is 25.4 Å². The van der Waals surface area contributed by atoms with Crippen LogP contribution in [0.25, 0.3) is 0 Å². The van der Waals surface area contributed by atoms with Gasteiger partial charge in [-0.15, -0.1) is 11.3 Å². The molecule has 0 atom stereocenters. The summed E-state index contributed by atoms with van der Waals surface area (Å²) in [6.45, 7) is 7.60. The molecule has 1 heterocycles. The Morgan fingerprint density at radius 1 is 1.35 bits per heavy atom. The van der Waals surface area contributed by atoms with Crippen molar-refractivity contribution in [2.75, 3.05) is 6.54 Å². The van der Waals surface area contributed by atoms with E-state index in [1.807, 2.05) is 24.0 Å². The van der Waals surface area contributed by atoms with E-state index >= 15 is 0 Å². The molecule has 0 saturated carbocycles. The number of thiophene rings is 1. The lowest BCUT2D eigenvalue weighted by Gasteiger charge is -2.24. The highest BCUT2D eigenvalue weighted by Crippen LogP contribution is 2.23. The van der Waals surface area contributed by atoms with Crippen LogP contribution in [-0.2, 0) is 11.3 Å². The molecule has 0 unspecified atom stereocenters. The second-order valence-corrected chi connectivity index (χ2v) is 5.87. The summed E-state index contributed by atoms with van der Waals surface area (Å²) in [6.07, 6.45) is 1.83. The van der Waals surface area contributed by atoms with Gasteiger partial charge in [0.1, 0.15) is 0 Å². The molecular formula is C13H20ClNOS. The molecule has 4 heteroatoms. The van der Waals surface area contributed by atoms with Crippen LogP contribution in [0.15, 0.2) is 12.1 Å². The van der Waals surface area contributed by atoms with Crippen LogP contribution in [0.3, 0.4) is 0 Å². The average molecular weight is 274 g/mol. The van der Waals surface area contributed by atoms with Crippen molar-refractivity contribution in [2.24, 2.45) is 5.92 Å². The molecule has 17 heavy (non-hydrogen) atoms. The molecule has 0 aromatic carbocycles. The van der Waals surface area contributed by atoms with E-state index < -0.39 is 0 Å². The third-order valence-electron chi connectivity index (χ3n) is 3.00. The Labute approximate surface area is 113 Å². The van der Waals surface area contributed by atoms with Crippen molar-refractivity contribution < 1.29 is 4.79 Å². The quantitative estimate of drug-likeness (QED) is 0.761. The van der Waals surface area contributed by atoms with E-state index in [1.54, 1.807) is 11.3 Å². The highest BCUT2D eigenvalue weighted by atomic mass is 35.5. The molecule has 0 saturated heterocycles. The van der Waals surface area contributed by atoms with E-state index in [1.165, 1.54) is 0 Å². The maximum Gasteiger partial charge on any atom is 0.225 e. The molecule has 0 aliphatic heterocycles. The summed E-state index contributed by atoms with van der Waals surface area (Å²) in [6, 6.07) is 3.88. The van der Waals surface area contributed by atoms with E-state index in [0.29, 0.717) is 6.54 Å². The van der Waals surface area contributed by atoms with Crippen molar-refractivity contribution in [1.82, 2.24) is 4.90 Å². The Kier molecular flexibility index (Phi) is 6.00. The van der Waals surface area contributed by atoms with E-state index in [0.717, 1.165) is 28.6 Å². The molecule has 0 fully saturated rings. The van der Waals surface area contributed by atoms with Gasteiger partial charge < -0.3 is 4.90 Å². The first kappa shape index (κ1) is 14.5. The first-order valence-corrected chi connectivity index (χ1v) is 7.34. The van der Waals surface area contributed by atoms with E-state index in [9.17, 15) is 4.79 Å². The molecule has 1 amide bonds. The number of amides is 1. The normalized spacial score (nSPS) is 10.9. The van der Waals surface area contributed by atoms with Crippen molar-refractivity contribution in [1.29, 1.82) is 0 Å². The van der Waals surface area contributed by atoms with E-state index in [4.69, 9.17) is 11.6 Å². The molecule has 0 spiro atoms. The van der Waals surface area contributed by atoms with Crippen molar-refractivity contribution in [3.8, 4) is 0 Å². The Morgan fingerprint density at radius 3 is 2.41 bits per heavy atom. The van der Waals surface area contributed by atoms with Gasteiger partial charge >= 0.3 is 0 Å². The molecule has 1 rings (SSSR count). The second kappa shape index (κ2) is 7.02. The smallest absolute Gasteiger partial charge is 0.225 e. The molecule has 1 aromatic rings. The first-order chi connectivity index (χ1) is 8.12. The highest BCUT2D eigenvalue weighted by molar-refractivity contribution is 7.16. The summed E-state index contributed by atoms with van der Waals surface area (Å²) in [5.41, 5.74) is 0. The van der Waals surface area contributed by atoms with Gasteiger partial charge in [0.05, 0.1) is 10.9 Å². The van der Waals surface area contributed by atoms with Gasteiger partial charge in [0.2, 0.25) is 5.91 Å². The first-order valence-electron chi connectivity index (χ1n) is 6.15. The summed E-state index contributed by atoms with van der Waals surface area (Å²) in [4.78, 5) is 15.3. The Balaban J connectivity index is 2.68. The zero-order valence-corrected chi connectivity index (χ0v) is 12.3. The van der Waals surface area contributed by atoms with Crippen LogP contribution in [0.1, 0.15) is 38.5 Å². The van der Waals surface area contributed by atoms with Gasteiger partial charge in [-0.3, -0.25) is 4.79 Å². The van der Waals surface area contributed by atoms with E-state index in [-0.39, 0.29) is 11.8 Å². The zero-order chi connectivity index (χ0) is 12.8. The number of hydrogen-bond donors (Lipinski definition) is 0. The second-order valence-electron chi connectivity index (χ2n) is 4.07. The molecule has 0 aliphatic carbocycles. The lowest BCUT2D eigenvalue weighted by atomic mass is 10.0. The van der Waals surface area contributed by atoms with Crippen LogP contribution in [0.4, 0.5) is 0 Å². The van der Waals surface area contributed by atoms with Crippen LogP contribution >= 0.6 is 22.9 Å². The number of rotatable bonds is 6. The molecule has 0 radical (unpaired) electrons. The van der Waals surface area contributed by atoms with Crippen molar-refractivity contribution in [2.45, 2.75) is 40.2 Å². The van der Waals surface area contributed by atoms with Gasteiger partial charge in [-0.2, -0.15) is 0 Å². The standard InChI is InChI=1S/C13H20ClNOS/c1-4-10(5-2)13(16)15(6-3)9-11-7-8-12(14)17-11/h7-8,10H,4-6,9H2,1-3H3. The predicted octanol–water partition coefficient (Wildman–Crippen LogP) is 4.19. The molecule has 0 N–H and O–H groups in total. The summed E-state index contributed by atoms with van der Waals surface area (Å²) in [5.74, 6) is 0.424. The highest BCUT2D eigenvalue weighted by Gasteiger charge is 2.20. The largest absolute Gasteiger partial charge is 0.338 e. The Hall–Kier alpha value is -0.540. The zero-order valence-electron chi connectivity index (χ0n) is 10.7. The van der Waals surface area contributed by atoms with Crippen LogP contribution in [0, 0.1) is 5.92 Å². The minimum absolute atomic E-state index is 0.158. The fourth-order valence-electron chi connectivity index (χ4n) is 1.87. The van der Waals surface area contributed by atoms with Gasteiger partial charge in [-0.05, 0) is 31.9 Å². The van der Waals surface area contributed by atoms with Gasteiger partial charge in [0.15, 0.2) is 0 Å². The maximum absolute atomic E-state index is 12.2. The Morgan fingerprint density at radius 2 is 2.00 bits per heavy atom. The SMILES string of the molecule is CCC(CC)C(=O)N(CC)Cc1ccc(Cl)s1. The number of carbonyl (C=O) groups excluding carboxylic acids is 1. The van der Waals surface area contributed by atoms with Gasteiger partial charge in [-0.25, -0.2) is 0 Å². The minimum Gasteiger partial charge on any atom is -0.338 e. The fourth-order valence-corrected chi connectivity index (χ4v) is 2.97. The monoisotopic (exact) mass is 273 g/mol. The fraction of sp³-hybridized carbons (Fsp3) is 0.615. The topological polar surface area (TPSA) is 20.3 Å². The van der Waals surface area contributed by atoms with Gasteiger partial charge in [0, 0.05) is 17.3 Å². The van der Waals surface area contributed by atoms with Crippen LogP contribution in [0.5, 0.6) is 0 Å². The van der Waals surface area contributed by atoms with Crippen molar-refractivity contribution >= 4 is 28.8 Å². The molecule has 0 bridgehead atoms. The summed E-state index contributed by atoms with van der Waals surface area (Å²) in [5, 5.41) is 0. The maximum atomic E-state index is 12.2. The average Bonchev–Trinajstić information content (AvgIpc) is 2.73. The van der Waals surface area contributed by atoms with Crippen molar-refractivity contribution in [3.05, 3.63) is 21.3 Å². The Bertz CT molecular complexity index is 360. The molecule has 1 aromatic heterocycles. The number of nitrogens with zero attached hydrogens (tertiary/aromatic N) is 1. The van der Waals surface area contributed by atoms with Gasteiger partial charge in [0.25, 0.3) is 0 Å². The number of hydrogen-bond acceptors (Lipinski definition) is 2. The summed E-state index contributed by atoms with van der Waals surface area (Å²) in [7, 11) is 0. The van der Waals surface area contributed by atoms with Crippen LogP contribution < -0.4 is 0 Å². The van der Waals surface area contributed by atoms with Crippen molar-refractivity contribution in [3.63, 3.8) is 0 Å². The van der Waals surface area contributed by atoms with Crippen LogP contribution in [-0.4, -0.2) is 17.4 Å². The molecule has 0 aliphatic rings. The summed E-state index contributed by atoms with van der Waals surface area (Å²) < 4.78 is 0.783. The minimum atomic E-state index is 0.158. The lowest BCUT2D eigenvalue weighted by Crippen LogP contribution is -2.35.